The van der Waals surface area contributed by atoms with Crippen LogP contribution in [-0.4, -0.2) is 64.4 Å². The molecule has 0 atom stereocenters. The minimum Gasteiger partial charge on any atom is -0.379 e. The summed E-state index contributed by atoms with van der Waals surface area (Å²) in [5.41, 5.74) is 0.974. The van der Waals surface area contributed by atoms with Crippen LogP contribution in [0.1, 0.15) is 23.7 Å². The summed E-state index contributed by atoms with van der Waals surface area (Å²) in [4.78, 5) is 14.4. The number of carbonyl (C=O) groups is 1. The maximum Gasteiger partial charge on any atom is 0.251 e. The number of morpholine rings is 1. The highest BCUT2D eigenvalue weighted by Crippen LogP contribution is 2.11. The maximum absolute atomic E-state index is 12.1. The molecule has 1 aromatic carbocycles. The molecule has 134 valence electrons. The van der Waals surface area contributed by atoms with Gasteiger partial charge in [-0.15, -0.1) is 0 Å². The first-order chi connectivity index (χ1) is 11.5. The molecule has 1 heterocycles. The summed E-state index contributed by atoms with van der Waals surface area (Å²) < 4.78 is 30.7. The predicted octanol–water partition coefficient (Wildman–Crippen LogP) is 0.900. The van der Waals surface area contributed by atoms with Crippen molar-refractivity contribution in [2.24, 2.45) is 0 Å². The van der Waals surface area contributed by atoms with Crippen molar-refractivity contribution in [1.29, 1.82) is 0 Å². The highest BCUT2D eigenvalue weighted by molar-refractivity contribution is 7.92. The molecule has 0 radical (unpaired) electrons. The molecule has 7 nitrogen and oxygen atoms in total. The van der Waals surface area contributed by atoms with E-state index < -0.39 is 10.0 Å². The van der Waals surface area contributed by atoms with Crippen LogP contribution in [0, 0.1) is 0 Å². The van der Waals surface area contributed by atoms with Crippen molar-refractivity contribution in [1.82, 2.24) is 10.2 Å². The quantitative estimate of drug-likeness (QED) is 0.677. The minimum atomic E-state index is -3.30. The van der Waals surface area contributed by atoms with Crippen LogP contribution in [0.25, 0.3) is 0 Å². The average Bonchev–Trinajstić information content (AvgIpc) is 2.60. The second-order valence-electron chi connectivity index (χ2n) is 5.65. The van der Waals surface area contributed by atoms with Gasteiger partial charge in [0.25, 0.3) is 5.91 Å². The van der Waals surface area contributed by atoms with Gasteiger partial charge in [0.1, 0.15) is 0 Å². The van der Waals surface area contributed by atoms with Gasteiger partial charge in [-0.2, -0.15) is 0 Å². The maximum atomic E-state index is 12.1. The van der Waals surface area contributed by atoms with Crippen LogP contribution >= 0.6 is 0 Å². The van der Waals surface area contributed by atoms with Crippen LogP contribution in [-0.2, 0) is 14.8 Å². The van der Waals surface area contributed by atoms with Crippen molar-refractivity contribution in [2.75, 3.05) is 49.9 Å². The normalized spacial score (nSPS) is 15.9. The van der Waals surface area contributed by atoms with Gasteiger partial charge in [-0.25, -0.2) is 8.42 Å². The van der Waals surface area contributed by atoms with E-state index in [-0.39, 0.29) is 11.7 Å². The second-order valence-corrected chi connectivity index (χ2v) is 7.66. The lowest BCUT2D eigenvalue weighted by Gasteiger charge is -2.26. The third-order valence-electron chi connectivity index (χ3n) is 3.84. The number of anilines is 1. The summed E-state index contributed by atoms with van der Waals surface area (Å²) in [6.07, 6.45) is 0.889. The molecule has 0 saturated carbocycles. The van der Waals surface area contributed by atoms with Crippen LogP contribution < -0.4 is 10.0 Å². The number of ether oxygens (including phenoxy) is 1. The number of sulfonamides is 1. The summed E-state index contributed by atoms with van der Waals surface area (Å²) in [6.45, 7) is 6.58. The van der Waals surface area contributed by atoms with Gasteiger partial charge in [-0.3, -0.25) is 14.4 Å². The molecule has 1 aromatic rings. The zero-order valence-electron chi connectivity index (χ0n) is 14.0. The fraction of sp³-hybridized carbons (Fsp3) is 0.562. The third kappa shape index (κ3) is 6.10. The monoisotopic (exact) mass is 355 g/mol. The van der Waals surface area contributed by atoms with Gasteiger partial charge < -0.3 is 10.1 Å². The fourth-order valence-electron chi connectivity index (χ4n) is 2.37. The molecule has 0 bridgehead atoms. The first-order valence-corrected chi connectivity index (χ1v) is 9.84. The first-order valence-electron chi connectivity index (χ1n) is 8.19. The van der Waals surface area contributed by atoms with Crippen molar-refractivity contribution in [3.05, 3.63) is 29.8 Å². The molecule has 0 unspecified atom stereocenters. The Kier molecular flexibility index (Phi) is 7.01. The largest absolute Gasteiger partial charge is 0.379 e. The number of benzene rings is 1. The Morgan fingerprint density at radius 2 is 1.88 bits per heavy atom. The smallest absolute Gasteiger partial charge is 0.251 e. The van der Waals surface area contributed by atoms with Gasteiger partial charge in [-0.1, -0.05) is 0 Å². The summed E-state index contributed by atoms with van der Waals surface area (Å²) in [5, 5.41) is 2.88. The van der Waals surface area contributed by atoms with Crippen molar-refractivity contribution in [3.8, 4) is 0 Å². The van der Waals surface area contributed by atoms with Gasteiger partial charge in [0.2, 0.25) is 10.0 Å². The molecule has 2 N–H and O–H groups in total. The molecule has 1 amide bonds. The van der Waals surface area contributed by atoms with Gasteiger partial charge in [-0.05, 0) is 44.2 Å². The molecule has 1 fully saturated rings. The Morgan fingerprint density at radius 3 is 2.50 bits per heavy atom. The van der Waals surface area contributed by atoms with Crippen LogP contribution in [0.15, 0.2) is 24.3 Å². The molecule has 0 aromatic heterocycles. The molecule has 24 heavy (non-hydrogen) atoms. The molecule has 1 aliphatic heterocycles. The van der Waals surface area contributed by atoms with Crippen LogP contribution in [0.3, 0.4) is 0 Å². The Balaban J connectivity index is 1.74. The van der Waals surface area contributed by atoms with E-state index in [0.717, 1.165) is 39.3 Å². The molecule has 0 spiro atoms. The lowest BCUT2D eigenvalue weighted by Crippen LogP contribution is -2.38. The number of hydrogen-bond donors (Lipinski definition) is 2. The Hall–Kier alpha value is -1.64. The van der Waals surface area contributed by atoms with E-state index in [1.165, 1.54) is 0 Å². The zero-order valence-corrected chi connectivity index (χ0v) is 14.8. The number of nitrogens with zero attached hydrogens (tertiary/aromatic N) is 1. The molecule has 1 saturated heterocycles. The van der Waals surface area contributed by atoms with E-state index in [4.69, 9.17) is 4.74 Å². The predicted molar refractivity (Wildman–Crippen MR) is 93.7 cm³/mol. The van der Waals surface area contributed by atoms with Gasteiger partial charge in [0.05, 0.1) is 19.0 Å². The lowest BCUT2D eigenvalue weighted by molar-refractivity contribution is 0.0374. The van der Waals surface area contributed by atoms with E-state index in [9.17, 15) is 13.2 Å². The Labute approximate surface area is 143 Å². The Morgan fingerprint density at radius 1 is 1.21 bits per heavy atom. The van der Waals surface area contributed by atoms with E-state index in [1.807, 2.05) is 0 Å². The number of carbonyl (C=O) groups excluding carboxylic acids is 1. The van der Waals surface area contributed by atoms with E-state index >= 15 is 0 Å². The van der Waals surface area contributed by atoms with Gasteiger partial charge >= 0.3 is 0 Å². The second kappa shape index (κ2) is 9.00. The van der Waals surface area contributed by atoms with Crippen LogP contribution in [0.5, 0.6) is 0 Å². The van der Waals surface area contributed by atoms with Crippen molar-refractivity contribution < 1.29 is 17.9 Å². The van der Waals surface area contributed by atoms with Crippen molar-refractivity contribution in [3.63, 3.8) is 0 Å². The molecule has 8 heteroatoms. The summed E-state index contributed by atoms with van der Waals surface area (Å²) in [5.74, 6) is -0.139. The van der Waals surface area contributed by atoms with Crippen LogP contribution in [0.4, 0.5) is 5.69 Å². The SMILES string of the molecule is CCS(=O)(=O)Nc1ccc(C(=O)NCCCN2CCOCC2)cc1. The average molecular weight is 355 g/mol. The summed E-state index contributed by atoms with van der Waals surface area (Å²) in [7, 11) is -3.30. The molecule has 0 aliphatic carbocycles. The topological polar surface area (TPSA) is 87.7 Å². The molecule has 2 rings (SSSR count). The Bertz CT molecular complexity index is 625. The third-order valence-corrected chi connectivity index (χ3v) is 5.15. The summed E-state index contributed by atoms with van der Waals surface area (Å²) >= 11 is 0. The fourth-order valence-corrected chi connectivity index (χ4v) is 3.01. The number of hydrogen-bond acceptors (Lipinski definition) is 5. The van der Waals surface area contributed by atoms with E-state index in [1.54, 1.807) is 31.2 Å². The van der Waals surface area contributed by atoms with E-state index in [2.05, 4.69) is 14.9 Å². The summed E-state index contributed by atoms with van der Waals surface area (Å²) in [6, 6.07) is 6.42. The lowest BCUT2D eigenvalue weighted by atomic mass is 10.2. The molecular formula is C16H25N3O4S. The van der Waals surface area contributed by atoms with E-state index in [0.29, 0.717) is 17.8 Å². The standard InChI is InChI=1S/C16H25N3O4S/c1-2-24(21,22)18-15-6-4-14(5-7-15)16(20)17-8-3-9-19-10-12-23-13-11-19/h4-7,18H,2-3,8-13H2,1H3,(H,17,20). The van der Waals surface area contributed by atoms with Crippen LogP contribution in [0.2, 0.25) is 0 Å². The van der Waals surface area contributed by atoms with Gasteiger partial charge in [0.15, 0.2) is 0 Å². The number of amides is 1. The van der Waals surface area contributed by atoms with Crippen molar-refractivity contribution >= 4 is 21.6 Å². The number of nitrogens with one attached hydrogen (secondary N) is 2. The van der Waals surface area contributed by atoms with Crippen molar-refractivity contribution in [2.45, 2.75) is 13.3 Å². The highest BCUT2D eigenvalue weighted by atomic mass is 32.2. The molecular weight excluding hydrogens is 330 g/mol. The highest BCUT2D eigenvalue weighted by Gasteiger charge is 2.11. The zero-order chi connectivity index (χ0) is 17.4. The molecule has 1 aliphatic rings. The minimum absolute atomic E-state index is 0.0123. The number of rotatable bonds is 8. The first kappa shape index (κ1) is 18.7. The van der Waals surface area contributed by atoms with Gasteiger partial charge in [0, 0.05) is 30.9 Å².